The number of nitrogens with two attached hydrogens (primary N) is 1. The van der Waals surface area contributed by atoms with Crippen LogP contribution in [-0.4, -0.2) is 10.1 Å². The minimum absolute atomic E-state index is 0.235. The zero-order chi connectivity index (χ0) is 14.7. The molecule has 1 heterocycles. The molecule has 0 bridgehead atoms. The van der Waals surface area contributed by atoms with E-state index in [0.717, 1.165) is 11.1 Å². The van der Waals surface area contributed by atoms with Gasteiger partial charge in [0.25, 0.3) is 5.89 Å². The summed E-state index contributed by atoms with van der Waals surface area (Å²) in [4.78, 5) is 4.33. The molecular weight excluding hydrogens is 266 g/mol. The van der Waals surface area contributed by atoms with Gasteiger partial charge in [-0.05, 0) is 31.2 Å². The minimum Gasteiger partial charge on any atom is -0.485 e. The molecule has 0 unspecified atom stereocenters. The van der Waals surface area contributed by atoms with E-state index in [0.29, 0.717) is 23.2 Å². The molecule has 0 saturated carbocycles. The van der Waals surface area contributed by atoms with Crippen molar-refractivity contribution in [2.75, 3.05) is 5.73 Å². The molecule has 2 aromatic carbocycles. The van der Waals surface area contributed by atoms with E-state index in [2.05, 4.69) is 10.1 Å². The summed E-state index contributed by atoms with van der Waals surface area (Å²) in [6, 6.07) is 15.1. The Balaban J connectivity index is 1.71. The molecule has 5 nitrogen and oxygen atoms in total. The average Bonchev–Trinajstić information content (AvgIpc) is 2.94. The van der Waals surface area contributed by atoms with E-state index >= 15 is 0 Å². The maximum absolute atomic E-state index is 5.69. The molecule has 1 aromatic heterocycles. The lowest BCUT2D eigenvalue weighted by Gasteiger charge is -2.03. The lowest BCUT2D eigenvalue weighted by molar-refractivity contribution is 0.287. The van der Waals surface area contributed by atoms with Crippen LogP contribution in [0.15, 0.2) is 53.1 Å². The predicted molar refractivity (Wildman–Crippen MR) is 79.7 cm³/mol. The first kappa shape index (κ1) is 13.2. The third-order valence-corrected chi connectivity index (χ3v) is 2.96. The maximum Gasteiger partial charge on any atom is 0.258 e. The van der Waals surface area contributed by atoms with Gasteiger partial charge in [0.1, 0.15) is 5.75 Å². The van der Waals surface area contributed by atoms with Crippen molar-refractivity contribution in [1.82, 2.24) is 10.1 Å². The Morgan fingerprint density at radius 1 is 1.14 bits per heavy atom. The predicted octanol–water partition coefficient (Wildman–Crippen LogP) is 3.21. The van der Waals surface area contributed by atoms with Crippen molar-refractivity contribution in [2.24, 2.45) is 0 Å². The van der Waals surface area contributed by atoms with Crippen LogP contribution in [0.25, 0.3) is 11.5 Å². The third-order valence-electron chi connectivity index (χ3n) is 2.96. The molecule has 21 heavy (non-hydrogen) atoms. The number of nitrogen functional groups attached to an aromatic ring is 1. The van der Waals surface area contributed by atoms with E-state index in [1.54, 1.807) is 12.1 Å². The zero-order valence-electron chi connectivity index (χ0n) is 11.6. The van der Waals surface area contributed by atoms with E-state index < -0.39 is 0 Å². The number of rotatable bonds is 4. The van der Waals surface area contributed by atoms with Crippen LogP contribution in [0.4, 0.5) is 5.69 Å². The van der Waals surface area contributed by atoms with Gasteiger partial charge >= 0.3 is 0 Å². The Labute approximate surface area is 122 Å². The second-order valence-electron chi connectivity index (χ2n) is 4.75. The normalized spacial score (nSPS) is 10.5. The highest BCUT2D eigenvalue weighted by Crippen LogP contribution is 2.19. The highest BCUT2D eigenvalue weighted by Gasteiger charge is 2.09. The molecule has 0 atom stereocenters. The molecule has 5 heteroatoms. The molecule has 0 saturated heterocycles. The van der Waals surface area contributed by atoms with Crippen molar-refractivity contribution in [3.05, 3.63) is 59.9 Å². The molecule has 3 rings (SSSR count). The molecule has 0 amide bonds. The molecule has 0 fully saturated rings. The van der Waals surface area contributed by atoms with E-state index in [1.165, 1.54) is 0 Å². The van der Waals surface area contributed by atoms with Gasteiger partial charge in [-0.15, -0.1) is 0 Å². The summed E-state index contributed by atoms with van der Waals surface area (Å²) in [5.74, 6) is 1.66. The van der Waals surface area contributed by atoms with Crippen LogP contribution in [0, 0.1) is 6.92 Å². The van der Waals surface area contributed by atoms with Crippen molar-refractivity contribution >= 4 is 5.69 Å². The second-order valence-corrected chi connectivity index (χ2v) is 4.75. The van der Waals surface area contributed by atoms with Crippen molar-refractivity contribution in [1.29, 1.82) is 0 Å². The molecule has 0 aliphatic heterocycles. The second kappa shape index (κ2) is 5.66. The maximum atomic E-state index is 5.69. The van der Waals surface area contributed by atoms with Gasteiger partial charge in [0.15, 0.2) is 6.61 Å². The highest BCUT2D eigenvalue weighted by atomic mass is 16.5. The minimum atomic E-state index is 0.235. The monoisotopic (exact) mass is 281 g/mol. The molecule has 2 N–H and O–H groups in total. The number of hydrogen-bond donors (Lipinski definition) is 1. The van der Waals surface area contributed by atoms with E-state index in [9.17, 15) is 0 Å². The van der Waals surface area contributed by atoms with Gasteiger partial charge in [-0.25, -0.2) is 0 Å². The van der Waals surface area contributed by atoms with Gasteiger partial charge in [0.05, 0.1) is 0 Å². The third kappa shape index (κ3) is 3.20. The summed E-state index contributed by atoms with van der Waals surface area (Å²) in [5.41, 5.74) is 8.39. The summed E-state index contributed by atoms with van der Waals surface area (Å²) in [6.45, 7) is 2.25. The van der Waals surface area contributed by atoms with Gasteiger partial charge in [-0.1, -0.05) is 28.9 Å². The number of anilines is 1. The van der Waals surface area contributed by atoms with Gasteiger partial charge in [0, 0.05) is 17.3 Å². The topological polar surface area (TPSA) is 74.2 Å². The van der Waals surface area contributed by atoms with Crippen LogP contribution in [0.1, 0.15) is 11.4 Å². The molecular formula is C16H15N3O2. The lowest BCUT2D eigenvalue weighted by atomic mass is 10.1. The highest BCUT2D eigenvalue weighted by molar-refractivity contribution is 5.53. The van der Waals surface area contributed by atoms with Gasteiger partial charge in [-0.2, -0.15) is 4.98 Å². The Morgan fingerprint density at radius 2 is 2.00 bits per heavy atom. The summed E-state index contributed by atoms with van der Waals surface area (Å²) < 4.78 is 10.8. The first-order valence-corrected chi connectivity index (χ1v) is 6.59. The van der Waals surface area contributed by atoms with Crippen LogP contribution in [-0.2, 0) is 6.61 Å². The lowest BCUT2D eigenvalue weighted by Crippen LogP contribution is -1.98. The molecule has 3 aromatic rings. The summed E-state index contributed by atoms with van der Waals surface area (Å²) in [7, 11) is 0. The fraction of sp³-hybridized carbons (Fsp3) is 0.125. The number of aryl methyl sites for hydroxylation is 1. The molecule has 0 aliphatic rings. The van der Waals surface area contributed by atoms with Crippen molar-refractivity contribution in [2.45, 2.75) is 13.5 Å². The summed E-state index contributed by atoms with van der Waals surface area (Å²) >= 11 is 0. The SMILES string of the molecule is Cc1cccc(-c2nc(COc3cccc(N)c3)no2)c1. The van der Waals surface area contributed by atoms with Gasteiger partial charge < -0.3 is 15.0 Å². The number of nitrogens with zero attached hydrogens (tertiary/aromatic N) is 2. The van der Waals surface area contributed by atoms with Gasteiger partial charge in [0.2, 0.25) is 5.82 Å². The Hall–Kier alpha value is -2.82. The number of ether oxygens (including phenoxy) is 1. The molecule has 0 aliphatic carbocycles. The first-order chi connectivity index (χ1) is 10.2. The van der Waals surface area contributed by atoms with E-state index in [-0.39, 0.29) is 6.61 Å². The fourth-order valence-corrected chi connectivity index (χ4v) is 1.96. The van der Waals surface area contributed by atoms with Crippen LogP contribution in [0.5, 0.6) is 5.75 Å². The van der Waals surface area contributed by atoms with Crippen LogP contribution < -0.4 is 10.5 Å². The Morgan fingerprint density at radius 3 is 2.81 bits per heavy atom. The fourth-order valence-electron chi connectivity index (χ4n) is 1.96. The van der Waals surface area contributed by atoms with Crippen molar-refractivity contribution in [3.8, 4) is 17.2 Å². The number of benzene rings is 2. The molecule has 106 valence electrons. The van der Waals surface area contributed by atoms with Crippen LogP contribution in [0.3, 0.4) is 0 Å². The smallest absolute Gasteiger partial charge is 0.258 e. The van der Waals surface area contributed by atoms with Crippen molar-refractivity contribution < 1.29 is 9.26 Å². The van der Waals surface area contributed by atoms with Crippen molar-refractivity contribution in [3.63, 3.8) is 0 Å². The zero-order valence-corrected chi connectivity index (χ0v) is 11.6. The van der Waals surface area contributed by atoms with E-state index in [4.69, 9.17) is 15.0 Å². The van der Waals surface area contributed by atoms with Crippen LogP contribution >= 0.6 is 0 Å². The number of hydrogen-bond acceptors (Lipinski definition) is 5. The largest absolute Gasteiger partial charge is 0.485 e. The Kier molecular flexibility index (Phi) is 3.55. The van der Waals surface area contributed by atoms with E-state index in [1.807, 2.05) is 43.3 Å². The number of aromatic nitrogens is 2. The summed E-state index contributed by atoms with van der Waals surface area (Å²) in [5, 5.41) is 3.92. The van der Waals surface area contributed by atoms with Gasteiger partial charge in [-0.3, -0.25) is 0 Å². The average molecular weight is 281 g/mol. The van der Waals surface area contributed by atoms with Crippen LogP contribution in [0.2, 0.25) is 0 Å². The molecule has 0 spiro atoms. The standard InChI is InChI=1S/C16H15N3O2/c1-11-4-2-5-12(8-11)16-18-15(19-21-16)10-20-14-7-3-6-13(17)9-14/h2-9H,10,17H2,1H3. The summed E-state index contributed by atoms with van der Waals surface area (Å²) in [6.07, 6.45) is 0. The first-order valence-electron chi connectivity index (χ1n) is 6.59. The quantitative estimate of drug-likeness (QED) is 0.743. The Bertz CT molecular complexity index is 753. The molecule has 0 radical (unpaired) electrons.